The number of nitrogens with zero attached hydrogens (tertiary/aromatic N) is 1. The average molecular weight is 211 g/mol. The molecule has 0 unspecified atom stereocenters. The molecule has 1 heterocycles. The first kappa shape index (κ1) is 9.77. The second kappa shape index (κ2) is 3.42. The summed E-state index contributed by atoms with van der Waals surface area (Å²) in [5, 5.41) is 4.52. The van der Waals surface area contributed by atoms with Gasteiger partial charge in [0.05, 0.1) is 0 Å². The predicted molar refractivity (Wildman–Crippen MR) is 61.5 cm³/mol. The van der Waals surface area contributed by atoms with E-state index in [1.165, 1.54) is 24.4 Å². The molecule has 1 saturated carbocycles. The Bertz CT molecular complexity index is 315. The second-order valence-corrected chi connectivity index (χ2v) is 5.29. The average Bonchev–Trinajstić information content (AvgIpc) is 2.82. The fourth-order valence-corrected chi connectivity index (χ4v) is 2.32. The summed E-state index contributed by atoms with van der Waals surface area (Å²) >= 11 is 1.44. The zero-order valence-electron chi connectivity index (χ0n) is 8.71. The van der Waals surface area contributed by atoms with Crippen LogP contribution in [-0.2, 0) is 0 Å². The number of rotatable bonds is 4. The Morgan fingerprint density at radius 3 is 2.79 bits per heavy atom. The second-order valence-electron chi connectivity index (χ2n) is 4.49. The third-order valence-corrected chi connectivity index (χ3v) is 4.02. The Morgan fingerprint density at radius 2 is 2.36 bits per heavy atom. The fourth-order valence-electron chi connectivity index (χ4n) is 1.75. The molecule has 0 aromatic carbocycles. The van der Waals surface area contributed by atoms with Crippen molar-refractivity contribution in [1.29, 1.82) is 0 Å². The van der Waals surface area contributed by atoms with E-state index in [2.05, 4.69) is 23.5 Å². The summed E-state index contributed by atoms with van der Waals surface area (Å²) in [4.78, 5) is 0. The Kier molecular flexibility index (Phi) is 2.39. The third-order valence-electron chi connectivity index (χ3n) is 3.26. The monoisotopic (exact) mass is 211 g/mol. The molecule has 0 aliphatic heterocycles. The van der Waals surface area contributed by atoms with E-state index in [9.17, 15) is 0 Å². The summed E-state index contributed by atoms with van der Waals surface area (Å²) in [6.07, 6.45) is 2.71. The van der Waals surface area contributed by atoms with E-state index in [1.54, 1.807) is 0 Å². The molecule has 78 valence electrons. The number of anilines is 2. The van der Waals surface area contributed by atoms with Gasteiger partial charge in [0.2, 0.25) is 0 Å². The highest BCUT2D eigenvalue weighted by atomic mass is 32.1. The normalized spacial score (nSPS) is 18.5. The van der Waals surface area contributed by atoms with Crippen LogP contribution in [0.4, 0.5) is 10.8 Å². The van der Waals surface area contributed by atoms with Crippen LogP contribution < -0.4 is 11.1 Å². The zero-order chi connectivity index (χ0) is 10.2. The van der Waals surface area contributed by atoms with Gasteiger partial charge in [-0.3, -0.25) is 0 Å². The van der Waals surface area contributed by atoms with E-state index in [0.29, 0.717) is 11.2 Å². The summed E-state index contributed by atoms with van der Waals surface area (Å²) in [6.45, 7) is 5.66. The molecule has 0 bridgehead atoms. The van der Waals surface area contributed by atoms with Crippen molar-refractivity contribution in [3.05, 3.63) is 6.07 Å². The summed E-state index contributed by atoms with van der Waals surface area (Å²) in [5.74, 6) is 1.38. The molecule has 1 aromatic heterocycles. The molecule has 2 rings (SSSR count). The molecule has 0 radical (unpaired) electrons. The Balaban J connectivity index is 1.89. The minimum Gasteiger partial charge on any atom is -0.383 e. The molecule has 4 heteroatoms. The van der Waals surface area contributed by atoms with Gasteiger partial charge in [-0.05, 0) is 35.7 Å². The van der Waals surface area contributed by atoms with Gasteiger partial charge in [0.25, 0.3) is 0 Å². The van der Waals surface area contributed by atoms with Crippen LogP contribution in [0.2, 0.25) is 0 Å². The minimum atomic E-state index is 0.540. The SMILES string of the molecule is CC(C)C1(CNc2cc(N)ns2)CC1. The van der Waals surface area contributed by atoms with Crippen molar-refractivity contribution in [1.82, 2.24) is 4.37 Å². The maximum absolute atomic E-state index is 5.55. The number of hydrogen-bond donors (Lipinski definition) is 2. The van der Waals surface area contributed by atoms with Crippen LogP contribution in [0.25, 0.3) is 0 Å². The Labute approximate surface area is 88.9 Å². The van der Waals surface area contributed by atoms with Crippen LogP contribution in [0.5, 0.6) is 0 Å². The number of nitrogen functional groups attached to an aromatic ring is 1. The number of hydrogen-bond acceptors (Lipinski definition) is 4. The van der Waals surface area contributed by atoms with Crippen LogP contribution in [0, 0.1) is 11.3 Å². The van der Waals surface area contributed by atoms with Gasteiger partial charge in [-0.2, -0.15) is 4.37 Å². The molecule has 1 aliphatic rings. The van der Waals surface area contributed by atoms with Crippen molar-refractivity contribution in [2.75, 3.05) is 17.6 Å². The van der Waals surface area contributed by atoms with Gasteiger partial charge in [-0.15, -0.1) is 0 Å². The van der Waals surface area contributed by atoms with Crippen LogP contribution in [0.1, 0.15) is 26.7 Å². The number of aromatic nitrogens is 1. The highest BCUT2D eigenvalue weighted by Crippen LogP contribution is 2.51. The quantitative estimate of drug-likeness (QED) is 0.804. The van der Waals surface area contributed by atoms with Gasteiger partial charge in [-0.25, -0.2) is 0 Å². The van der Waals surface area contributed by atoms with Gasteiger partial charge in [0.1, 0.15) is 10.8 Å². The molecule has 1 aliphatic carbocycles. The first-order valence-electron chi connectivity index (χ1n) is 5.08. The summed E-state index contributed by atoms with van der Waals surface area (Å²) < 4.78 is 4.04. The van der Waals surface area contributed by atoms with Crippen LogP contribution in [-0.4, -0.2) is 10.9 Å². The van der Waals surface area contributed by atoms with Crippen molar-refractivity contribution in [2.45, 2.75) is 26.7 Å². The molecule has 3 nitrogen and oxygen atoms in total. The molecular formula is C10H17N3S. The van der Waals surface area contributed by atoms with Crippen molar-refractivity contribution in [3.8, 4) is 0 Å². The standard InChI is InChI=1S/C10H17N3S/c1-7(2)10(3-4-10)6-12-9-5-8(11)13-14-9/h5,7,12H,3-4,6H2,1-2H3,(H2,11,13). The van der Waals surface area contributed by atoms with E-state index in [-0.39, 0.29) is 0 Å². The van der Waals surface area contributed by atoms with E-state index >= 15 is 0 Å². The first-order chi connectivity index (χ1) is 6.62. The van der Waals surface area contributed by atoms with E-state index in [4.69, 9.17) is 5.73 Å². The minimum absolute atomic E-state index is 0.540. The molecule has 1 aromatic rings. The molecule has 3 N–H and O–H groups in total. The van der Waals surface area contributed by atoms with Gasteiger partial charge >= 0.3 is 0 Å². The van der Waals surface area contributed by atoms with Crippen molar-refractivity contribution in [2.24, 2.45) is 11.3 Å². The molecule has 0 atom stereocenters. The lowest BCUT2D eigenvalue weighted by atomic mass is 9.92. The van der Waals surface area contributed by atoms with Gasteiger partial charge < -0.3 is 11.1 Å². The zero-order valence-corrected chi connectivity index (χ0v) is 9.53. The maximum atomic E-state index is 5.55. The highest BCUT2D eigenvalue weighted by Gasteiger charge is 2.44. The topological polar surface area (TPSA) is 50.9 Å². The molecule has 0 saturated heterocycles. The lowest BCUT2D eigenvalue weighted by molar-refractivity contribution is 0.380. The number of nitrogens with one attached hydrogen (secondary N) is 1. The van der Waals surface area contributed by atoms with Crippen LogP contribution in [0.15, 0.2) is 6.07 Å². The van der Waals surface area contributed by atoms with Crippen molar-refractivity contribution >= 4 is 22.4 Å². The van der Waals surface area contributed by atoms with Crippen molar-refractivity contribution < 1.29 is 0 Å². The van der Waals surface area contributed by atoms with Gasteiger partial charge in [0.15, 0.2) is 0 Å². The molecule has 0 spiro atoms. The molecule has 1 fully saturated rings. The van der Waals surface area contributed by atoms with Crippen LogP contribution >= 0.6 is 11.5 Å². The largest absolute Gasteiger partial charge is 0.383 e. The van der Waals surface area contributed by atoms with E-state index in [1.807, 2.05) is 6.07 Å². The third kappa shape index (κ3) is 1.85. The van der Waals surface area contributed by atoms with E-state index in [0.717, 1.165) is 17.5 Å². The van der Waals surface area contributed by atoms with E-state index < -0.39 is 0 Å². The summed E-state index contributed by atoms with van der Waals surface area (Å²) in [5.41, 5.74) is 6.09. The summed E-state index contributed by atoms with van der Waals surface area (Å²) in [6, 6.07) is 1.90. The van der Waals surface area contributed by atoms with Crippen molar-refractivity contribution in [3.63, 3.8) is 0 Å². The molecular weight excluding hydrogens is 194 g/mol. The maximum Gasteiger partial charge on any atom is 0.139 e. The molecule has 14 heavy (non-hydrogen) atoms. The Hall–Kier alpha value is -0.770. The highest BCUT2D eigenvalue weighted by molar-refractivity contribution is 7.10. The van der Waals surface area contributed by atoms with Gasteiger partial charge in [0, 0.05) is 12.6 Å². The molecule has 0 amide bonds. The Morgan fingerprint density at radius 1 is 1.64 bits per heavy atom. The first-order valence-corrected chi connectivity index (χ1v) is 5.86. The van der Waals surface area contributed by atoms with Gasteiger partial charge in [-0.1, -0.05) is 13.8 Å². The smallest absolute Gasteiger partial charge is 0.139 e. The van der Waals surface area contributed by atoms with Crippen LogP contribution in [0.3, 0.4) is 0 Å². The fraction of sp³-hybridized carbons (Fsp3) is 0.700. The lowest BCUT2D eigenvalue weighted by Crippen LogP contribution is -2.20. The lowest BCUT2D eigenvalue weighted by Gasteiger charge is -2.19. The number of nitrogens with two attached hydrogens (primary N) is 1. The summed E-state index contributed by atoms with van der Waals surface area (Å²) in [7, 11) is 0. The predicted octanol–water partition coefficient (Wildman–Crippen LogP) is 2.57.